The zero-order chi connectivity index (χ0) is 23.9. The van der Waals surface area contributed by atoms with Gasteiger partial charge in [0.25, 0.3) is 0 Å². The summed E-state index contributed by atoms with van der Waals surface area (Å²) in [5, 5.41) is 0. The molecule has 0 saturated heterocycles. The Kier molecular flexibility index (Phi) is 11.9. The average molecular weight is 451 g/mol. The molecule has 0 aliphatic heterocycles. The van der Waals surface area contributed by atoms with Crippen molar-refractivity contribution in [3.8, 4) is 0 Å². The predicted octanol–water partition coefficient (Wildman–Crippen LogP) is 4.78. The molecule has 30 heavy (non-hydrogen) atoms. The second-order valence-corrected chi connectivity index (χ2v) is 11.7. The van der Waals surface area contributed by atoms with Crippen LogP contribution in [0.3, 0.4) is 0 Å². The first-order valence-electron chi connectivity index (χ1n) is 11.1. The third-order valence-corrected chi connectivity index (χ3v) is 7.19. The van der Waals surface area contributed by atoms with Crippen LogP contribution < -0.4 is 0 Å². The lowest BCUT2D eigenvalue weighted by Crippen LogP contribution is -2.60. The van der Waals surface area contributed by atoms with Crippen molar-refractivity contribution < 1.29 is 22.7 Å². The molecule has 1 atom stereocenters. The number of carbonyl (C=O) groups excluding carboxylic acids is 1. The van der Waals surface area contributed by atoms with Gasteiger partial charge in [0.2, 0.25) is 0 Å². The molecule has 0 radical (unpaired) electrons. The van der Waals surface area contributed by atoms with Gasteiger partial charge in [-0.1, -0.05) is 62.3 Å². The van der Waals surface area contributed by atoms with Gasteiger partial charge in [-0.15, -0.1) is 0 Å². The Hall–Kier alpha value is -0.860. The summed E-state index contributed by atoms with van der Waals surface area (Å²) < 4.78 is 40.9. The Morgan fingerprint density at radius 1 is 0.933 bits per heavy atom. The van der Waals surface area contributed by atoms with E-state index in [0.29, 0.717) is 19.5 Å². The maximum absolute atomic E-state index is 13.7. The van der Waals surface area contributed by atoms with Crippen LogP contribution in [0.2, 0.25) is 0 Å². The van der Waals surface area contributed by atoms with Crippen molar-refractivity contribution in [2.75, 3.05) is 26.8 Å². The van der Waals surface area contributed by atoms with Crippen LogP contribution in [0.15, 0.2) is 0 Å². The van der Waals surface area contributed by atoms with Gasteiger partial charge in [-0.05, 0) is 37.0 Å². The maximum Gasteiger partial charge on any atom is 0.424 e. The molecular weight excluding hydrogens is 404 g/mol. The first-order chi connectivity index (χ1) is 13.6. The Balaban J connectivity index is 6.19. The van der Waals surface area contributed by atoms with Crippen LogP contribution in [-0.2, 0) is 19.7 Å². The van der Waals surface area contributed by atoms with Crippen LogP contribution in [0.1, 0.15) is 75.7 Å². The van der Waals surface area contributed by atoms with Gasteiger partial charge in [0.15, 0.2) is 0 Å². The molecule has 0 heterocycles. The van der Waals surface area contributed by atoms with Crippen LogP contribution in [0.4, 0.5) is 4.79 Å². The van der Waals surface area contributed by atoms with E-state index in [9.17, 15) is 13.2 Å². The highest BCUT2D eigenvalue weighted by molar-refractivity contribution is 7.87. The van der Waals surface area contributed by atoms with E-state index in [0.717, 1.165) is 4.31 Å². The molecule has 0 spiro atoms. The number of hydrogen-bond acceptors (Lipinski definition) is 5. The van der Waals surface area contributed by atoms with Crippen molar-refractivity contribution in [3.63, 3.8) is 0 Å². The van der Waals surface area contributed by atoms with Crippen molar-refractivity contribution >= 4 is 16.3 Å². The minimum atomic E-state index is -4.11. The fourth-order valence-corrected chi connectivity index (χ4v) is 5.81. The zero-order valence-corrected chi connectivity index (χ0v) is 21.9. The Labute approximate surface area is 185 Å². The lowest BCUT2D eigenvalue weighted by molar-refractivity contribution is -0.0498. The minimum Gasteiger partial charge on any atom is -0.452 e. The molecule has 0 aliphatic carbocycles. The van der Waals surface area contributed by atoms with E-state index >= 15 is 0 Å². The molecule has 1 unspecified atom stereocenters. The molecule has 1 amide bonds. The van der Waals surface area contributed by atoms with Crippen molar-refractivity contribution in [1.29, 1.82) is 0 Å². The molecule has 0 aromatic rings. The molecule has 0 saturated carbocycles. The summed E-state index contributed by atoms with van der Waals surface area (Å²) in [6.45, 7) is 20.5. The quantitative estimate of drug-likeness (QED) is 0.404. The summed E-state index contributed by atoms with van der Waals surface area (Å²) in [5.41, 5.74) is -1.07. The normalized spacial score (nSPS) is 15.0. The van der Waals surface area contributed by atoms with Crippen LogP contribution in [-0.4, -0.2) is 61.6 Å². The molecule has 180 valence electrons. The summed E-state index contributed by atoms with van der Waals surface area (Å²) >= 11 is 0. The van der Waals surface area contributed by atoms with Gasteiger partial charge in [-0.2, -0.15) is 17.0 Å². The molecule has 7 nitrogen and oxygen atoms in total. The summed E-state index contributed by atoms with van der Waals surface area (Å²) in [7, 11) is -2.90. The van der Waals surface area contributed by atoms with Gasteiger partial charge in [0.1, 0.15) is 0 Å². The van der Waals surface area contributed by atoms with E-state index in [1.807, 2.05) is 34.6 Å². The van der Waals surface area contributed by atoms with E-state index in [-0.39, 0.29) is 36.4 Å². The molecule has 0 fully saturated rings. The largest absolute Gasteiger partial charge is 0.452 e. The first-order valence-corrected chi connectivity index (χ1v) is 12.5. The Bertz CT molecular complexity index is 601. The number of hydrogen-bond donors (Lipinski definition) is 0. The SMILES string of the molecule is CCC(C)(COC(C(C)C)C(C)C)N(C(=O)OC)S(=O)(=O)N(CC(C)C)CC(C)C. The minimum absolute atomic E-state index is 0.0412. The number of rotatable bonds is 13. The van der Waals surface area contributed by atoms with E-state index in [2.05, 4.69) is 27.7 Å². The highest BCUT2D eigenvalue weighted by Gasteiger charge is 2.47. The van der Waals surface area contributed by atoms with E-state index in [1.54, 1.807) is 6.92 Å². The average Bonchev–Trinajstić information content (AvgIpc) is 2.59. The Morgan fingerprint density at radius 3 is 1.67 bits per heavy atom. The smallest absolute Gasteiger partial charge is 0.424 e. The first kappa shape index (κ1) is 29.1. The van der Waals surface area contributed by atoms with Crippen molar-refractivity contribution in [1.82, 2.24) is 8.61 Å². The van der Waals surface area contributed by atoms with Gasteiger partial charge in [0.05, 0.1) is 25.4 Å². The van der Waals surface area contributed by atoms with Crippen LogP contribution in [0.5, 0.6) is 0 Å². The highest BCUT2D eigenvalue weighted by Crippen LogP contribution is 2.29. The van der Waals surface area contributed by atoms with Gasteiger partial charge in [-0.25, -0.2) is 4.79 Å². The highest BCUT2D eigenvalue weighted by atomic mass is 32.2. The van der Waals surface area contributed by atoms with Crippen LogP contribution in [0, 0.1) is 23.7 Å². The van der Waals surface area contributed by atoms with Crippen molar-refractivity contribution in [2.24, 2.45) is 23.7 Å². The lowest BCUT2D eigenvalue weighted by Gasteiger charge is -2.42. The monoisotopic (exact) mass is 450 g/mol. The third-order valence-electron chi connectivity index (χ3n) is 5.19. The van der Waals surface area contributed by atoms with E-state index in [4.69, 9.17) is 9.47 Å². The fraction of sp³-hybridized carbons (Fsp3) is 0.955. The van der Waals surface area contributed by atoms with Crippen LogP contribution in [0.25, 0.3) is 0 Å². The number of amides is 1. The van der Waals surface area contributed by atoms with Crippen molar-refractivity contribution in [3.05, 3.63) is 0 Å². The number of nitrogens with zero attached hydrogens (tertiary/aromatic N) is 2. The molecular formula is C22H46N2O5S. The summed E-state index contributed by atoms with van der Waals surface area (Å²) in [6, 6.07) is 0. The standard InChI is InChI=1S/C22H46N2O5S/c1-12-22(10,15-29-20(18(6)7)19(8)9)24(21(25)28-11)30(26,27)23(13-16(2)3)14-17(4)5/h16-20H,12-15H2,1-11H3. The summed E-state index contributed by atoms with van der Waals surface area (Å²) in [4.78, 5) is 12.8. The van der Waals surface area contributed by atoms with Gasteiger partial charge in [0, 0.05) is 13.1 Å². The number of carbonyl (C=O) groups is 1. The third kappa shape index (κ3) is 8.00. The lowest BCUT2D eigenvalue weighted by atomic mass is 9.95. The zero-order valence-electron chi connectivity index (χ0n) is 21.1. The summed E-state index contributed by atoms with van der Waals surface area (Å²) in [5.74, 6) is 0.780. The second kappa shape index (κ2) is 12.2. The maximum atomic E-state index is 13.7. The van der Waals surface area contributed by atoms with Crippen LogP contribution >= 0.6 is 0 Å². The topological polar surface area (TPSA) is 76.1 Å². The van der Waals surface area contributed by atoms with E-state index < -0.39 is 21.8 Å². The Morgan fingerprint density at radius 2 is 1.37 bits per heavy atom. The molecule has 0 rings (SSSR count). The summed E-state index contributed by atoms with van der Waals surface area (Å²) in [6.07, 6.45) is -0.520. The fourth-order valence-electron chi connectivity index (χ4n) is 3.60. The van der Waals surface area contributed by atoms with Gasteiger partial charge >= 0.3 is 16.3 Å². The van der Waals surface area contributed by atoms with Gasteiger partial charge in [-0.3, -0.25) is 0 Å². The molecule has 0 aromatic heterocycles. The molecule has 0 aliphatic rings. The second-order valence-electron chi connectivity index (χ2n) is 9.96. The van der Waals surface area contributed by atoms with Crippen molar-refractivity contribution in [2.45, 2.75) is 87.3 Å². The number of methoxy groups -OCH3 is 1. The molecule has 0 aromatic carbocycles. The number of ether oxygens (including phenoxy) is 2. The predicted molar refractivity (Wildman–Crippen MR) is 123 cm³/mol. The van der Waals surface area contributed by atoms with Gasteiger partial charge < -0.3 is 9.47 Å². The molecule has 0 N–H and O–H groups in total. The van der Waals surface area contributed by atoms with E-state index in [1.165, 1.54) is 11.4 Å². The molecule has 8 heteroatoms. The molecule has 0 bridgehead atoms.